The molecule has 2 fully saturated rings. The Morgan fingerprint density at radius 2 is 1.96 bits per heavy atom. The van der Waals surface area contributed by atoms with Crippen LogP contribution in [0, 0.1) is 0 Å². The van der Waals surface area contributed by atoms with Gasteiger partial charge in [0.15, 0.2) is 0 Å². The summed E-state index contributed by atoms with van der Waals surface area (Å²) in [6, 6.07) is 4.91. The molecular weight excluding hydrogens is 314 g/mol. The van der Waals surface area contributed by atoms with Crippen molar-refractivity contribution in [3.05, 3.63) is 48.3 Å². The van der Waals surface area contributed by atoms with E-state index >= 15 is 0 Å². The predicted molar refractivity (Wildman–Crippen MR) is 94.9 cm³/mol. The first kappa shape index (κ1) is 16.3. The number of aryl methyl sites for hydroxylation is 1. The molecule has 2 aromatic heterocycles. The molecular formula is C19H25N5O. The Morgan fingerprint density at radius 3 is 2.56 bits per heavy atom. The summed E-state index contributed by atoms with van der Waals surface area (Å²) in [6.45, 7) is 2.56. The van der Waals surface area contributed by atoms with Crippen molar-refractivity contribution >= 4 is 5.91 Å². The lowest BCUT2D eigenvalue weighted by atomic mass is 10.0. The molecule has 1 saturated carbocycles. The molecule has 2 aromatic rings. The van der Waals surface area contributed by atoms with E-state index in [1.165, 1.54) is 12.8 Å². The van der Waals surface area contributed by atoms with Crippen LogP contribution in [0.1, 0.15) is 41.9 Å². The molecule has 132 valence electrons. The molecule has 1 saturated heterocycles. The predicted octanol–water partition coefficient (Wildman–Crippen LogP) is 2.08. The average molecular weight is 339 g/mol. The van der Waals surface area contributed by atoms with Gasteiger partial charge in [0.2, 0.25) is 0 Å². The normalized spacial score (nSPS) is 18.7. The van der Waals surface area contributed by atoms with E-state index in [4.69, 9.17) is 0 Å². The number of pyridine rings is 1. The standard InChI is InChI=1S/C19H25N5O/c1-22-12-9-21-18(22)14-24(16-4-5-16)17-6-10-23(11-7-17)19(25)15-3-2-8-20-13-15/h2-3,8-9,12-13,16-17H,4-7,10-11,14H2,1H3. The number of likely N-dealkylation sites (tertiary alicyclic amines) is 1. The van der Waals surface area contributed by atoms with Crippen LogP contribution in [-0.2, 0) is 13.6 Å². The summed E-state index contributed by atoms with van der Waals surface area (Å²) in [4.78, 5) is 25.7. The molecule has 1 aliphatic carbocycles. The maximum Gasteiger partial charge on any atom is 0.255 e. The lowest BCUT2D eigenvalue weighted by molar-refractivity contribution is 0.0588. The third-order valence-corrected chi connectivity index (χ3v) is 5.39. The van der Waals surface area contributed by atoms with Crippen molar-refractivity contribution in [1.29, 1.82) is 0 Å². The largest absolute Gasteiger partial charge is 0.338 e. The summed E-state index contributed by atoms with van der Waals surface area (Å²) in [5, 5.41) is 0. The van der Waals surface area contributed by atoms with Gasteiger partial charge >= 0.3 is 0 Å². The van der Waals surface area contributed by atoms with Crippen LogP contribution in [0.5, 0.6) is 0 Å². The fourth-order valence-corrected chi connectivity index (χ4v) is 3.75. The number of nitrogens with zero attached hydrogens (tertiary/aromatic N) is 5. The van der Waals surface area contributed by atoms with Crippen LogP contribution in [0.4, 0.5) is 0 Å². The average Bonchev–Trinajstić information content (AvgIpc) is 3.42. The molecule has 0 radical (unpaired) electrons. The molecule has 6 heteroatoms. The molecule has 0 atom stereocenters. The van der Waals surface area contributed by atoms with Gasteiger partial charge in [-0.3, -0.25) is 14.7 Å². The number of carbonyl (C=O) groups excluding carboxylic acids is 1. The summed E-state index contributed by atoms with van der Waals surface area (Å²) in [5.74, 6) is 1.23. The Morgan fingerprint density at radius 1 is 1.20 bits per heavy atom. The fourth-order valence-electron chi connectivity index (χ4n) is 3.75. The second kappa shape index (κ2) is 6.96. The third-order valence-electron chi connectivity index (χ3n) is 5.39. The molecule has 0 spiro atoms. The highest BCUT2D eigenvalue weighted by Gasteiger charge is 2.36. The van der Waals surface area contributed by atoms with Crippen LogP contribution in [0.15, 0.2) is 36.9 Å². The molecule has 1 amide bonds. The molecule has 4 rings (SSSR count). The number of piperidine rings is 1. The zero-order valence-electron chi connectivity index (χ0n) is 14.7. The summed E-state index contributed by atoms with van der Waals surface area (Å²) in [7, 11) is 2.06. The quantitative estimate of drug-likeness (QED) is 0.837. The maximum atomic E-state index is 12.6. The van der Waals surface area contributed by atoms with Crippen molar-refractivity contribution in [2.45, 2.75) is 44.3 Å². The van der Waals surface area contributed by atoms with Crippen molar-refractivity contribution in [3.63, 3.8) is 0 Å². The van der Waals surface area contributed by atoms with Gasteiger partial charge in [-0.25, -0.2) is 4.98 Å². The Bertz CT molecular complexity index is 716. The van der Waals surface area contributed by atoms with E-state index < -0.39 is 0 Å². The van der Waals surface area contributed by atoms with Gasteiger partial charge in [0, 0.05) is 57.0 Å². The molecule has 3 heterocycles. The third kappa shape index (κ3) is 3.58. The van der Waals surface area contributed by atoms with Crippen molar-refractivity contribution in [2.75, 3.05) is 13.1 Å². The van der Waals surface area contributed by atoms with Crippen LogP contribution in [0.2, 0.25) is 0 Å². The summed E-state index contributed by atoms with van der Waals surface area (Å²) < 4.78 is 2.11. The molecule has 6 nitrogen and oxygen atoms in total. The first-order valence-corrected chi connectivity index (χ1v) is 9.13. The van der Waals surface area contributed by atoms with E-state index in [9.17, 15) is 4.79 Å². The monoisotopic (exact) mass is 339 g/mol. The topological polar surface area (TPSA) is 54.3 Å². The number of hydrogen-bond acceptors (Lipinski definition) is 4. The minimum Gasteiger partial charge on any atom is -0.338 e. The first-order valence-electron chi connectivity index (χ1n) is 9.13. The fraction of sp³-hybridized carbons (Fsp3) is 0.526. The number of imidazole rings is 1. The summed E-state index contributed by atoms with van der Waals surface area (Å²) >= 11 is 0. The zero-order chi connectivity index (χ0) is 17.2. The van der Waals surface area contributed by atoms with E-state index in [2.05, 4.69) is 26.5 Å². The van der Waals surface area contributed by atoms with Gasteiger partial charge in [0.05, 0.1) is 12.1 Å². The maximum absolute atomic E-state index is 12.6. The number of hydrogen-bond donors (Lipinski definition) is 0. The van der Waals surface area contributed by atoms with Gasteiger partial charge in [0.25, 0.3) is 5.91 Å². The van der Waals surface area contributed by atoms with Gasteiger partial charge in [-0.05, 0) is 37.8 Å². The van der Waals surface area contributed by atoms with Crippen molar-refractivity contribution < 1.29 is 4.79 Å². The minimum absolute atomic E-state index is 0.105. The minimum atomic E-state index is 0.105. The van der Waals surface area contributed by atoms with Crippen molar-refractivity contribution in [3.8, 4) is 0 Å². The molecule has 0 bridgehead atoms. The molecule has 0 N–H and O–H groups in total. The number of rotatable bonds is 5. The van der Waals surface area contributed by atoms with E-state index in [-0.39, 0.29) is 5.91 Å². The number of carbonyl (C=O) groups is 1. The Hall–Kier alpha value is -2.21. The molecule has 0 aromatic carbocycles. The number of amides is 1. The summed E-state index contributed by atoms with van der Waals surface area (Å²) in [5.41, 5.74) is 0.688. The molecule has 2 aliphatic rings. The SMILES string of the molecule is Cn1ccnc1CN(C1CC1)C1CCN(C(=O)c2cccnc2)CC1. The lowest BCUT2D eigenvalue weighted by Crippen LogP contribution is -2.47. The summed E-state index contributed by atoms with van der Waals surface area (Å²) in [6.07, 6.45) is 11.9. The Balaban J connectivity index is 1.38. The van der Waals surface area contributed by atoms with Gasteiger partial charge in [0.1, 0.15) is 5.82 Å². The lowest BCUT2D eigenvalue weighted by Gasteiger charge is -2.38. The van der Waals surface area contributed by atoms with Crippen molar-refractivity contribution in [2.24, 2.45) is 7.05 Å². The highest BCUT2D eigenvalue weighted by atomic mass is 16.2. The highest BCUT2D eigenvalue weighted by Crippen LogP contribution is 2.33. The van der Waals surface area contributed by atoms with E-state index in [1.54, 1.807) is 12.4 Å². The van der Waals surface area contributed by atoms with E-state index in [0.29, 0.717) is 17.6 Å². The second-order valence-electron chi connectivity index (χ2n) is 7.12. The van der Waals surface area contributed by atoms with Gasteiger partial charge in [-0.1, -0.05) is 0 Å². The Kier molecular flexibility index (Phi) is 4.53. The second-order valence-corrected chi connectivity index (χ2v) is 7.12. The van der Waals surface area contributed by atoms with E-state index in [1.807, 2.05) is 29.4 Å². The van der Waals surface area contributed by atoms with Crippen LogP contribution >= 0.6 is 0 Å². The van der Waals surface area contributed by atoms with Crippen LogP contribution in [0.25, 0.3) is 0 Å². The van der Waals surface area contributed by atoms with Gasteiger partial charge in [-0.2, -0.15) is 0 Å². The van der Waals surface area contributed by atoms with Crippen LogP contribution in [0.3, 0.4) is 0 Å². The zero-order valence-corrected chi connectivity index (χ0v) is 14.7. The van der Waals surface area contributed by atoms with Crippen LogP contribution < -0.4 is 0 Å². The Labute approximate surface area is 148 Å². The smallest absolute Gasteiger partial charge is 0.255 e. The van der Waals surface area contributed by atoms with Crippen molar-refractivity contribution in [1.82, 2.24) is 24.3 Å². The van der Waals surface area contributed by atoms with Crippen LogP contribution in [-0.4, -0.2) is 55.4 Å². The van der Waals surface area contributed by atoms with Gasteiger partial charge < -0.3 is 9.47 Å². The first-order chi connectivity index (χ1) is 12.2. The molecule has 0 unspecified atom stereocenters. The number of aromatic nitrogens is 3. The van der Waals surface area contributed by atoms with Gasteiger partial charge in [-0.15, -0.1) is 0 Å². The highest BCUT2D eigenvalue weighted by molar-refractivity contribution is 5.93. The van der Waals surface area contributed by atoms with E-state index in [0.717, 1.165) is 38.3 Å². The molecule has 1 aliphatic heterocycles. The molecule has 25 heavy (non-hydrogen) atoms.